The van der Waals surface area contributed by atoms with Gasteiger partial charge in [0.05, 0.1) is 0 Å². The Morgan fingerprint density at radius 1 is 1.78 bits per heavy atom. The molecule has 1 aliphatic heterocycles. The molecule has 0 aliphatic carbocycles. The summed E-state index contributed by atoms with van der Waals surface area (Å²) in [5, 5.41) is 0. The first-order valence-corrected chi connectivity index (χ1v) is 2.92. The highest BCUT2D eigenvalue weighted by atomic mass is 35.5. The molecule has 0 aromatic heterocycles. The average Bonchev–Trinajstić information content (AvgIpc) is 2.36. The SMILES string of the molecule is COC1(CCl)OCOO1. The Labute approximate surface area is 57.5 Å². The van der Waals surface area contributed by atoms with E-state index in [1.54, 1.807) is 0 Å². The van der Waals surface area contributed by atoms with E-state index in [1.165, 1.54) is 7.11 Å². The van der Waals surface area contributed by atoms with Gasteiger partial charge in [0, 0.05) is 7.11 Å². The van der Waals surface area contributed by atoms with Gasteiger partial charge < -0.3 is 4.74 Å². The van der Waals surface area contributed by atoms with Crippen molar-refractivity contribution in [2.75, 3.05) is 19.8 Å². The summed E-state index contributed by atoms with van der Waals surface area (Å²) >= 11 is 5.41. The van der Waals surface area contributed by atoms with Gasteiger partial charge in [-0.2, -0.15) is 4.89 Å². The van der Waals surface area contributed by atoms with Crippen LogP contribution >= 0.6 is 11.6 Å². The van der Waals surface area contributed by atoms with E-state index in [4.69, 9.17) is 21.1 Å². The van der Waals surface area contributed by atoms with Gasteiger partial charge >= 0.3 is 5.97 Å². The molecule has 0 aromatic carbocycles. The summed E-state index contributed by atoms with van der Waals surface area (Å²) in [4.78, 5) is 8.97. The highest BCUT2D eigenvalue weighted by Gasteiger charge is 2.38. The topological polar surface area (TPSA) is 36.9 Å². The van der Waals surface area contributed by atoms with Gasteiger partial charge in [0.1, 0.15) is 5.88 Å². The van der Waals surface area contributed by atoms with Crippen molar-refractivity contribution in [2.45, 2.75) is 5.97 Å². The Morgan fingerprint density at radius 3 is 2.78 bits per heavy atom. The molecule has 0 amide bonds. The molecule has 1 rings (SSSR count). The number of rotatable bonds is 2. The second-order valence-electron chi connectivity index (χ2n) is 1.48. The van der Waals surface area contributed by atoms with Gasteiger partial charge in [-0.05, 0) is 0 Å². The second kappa shape index (κ2) is 2.81. The summed E-state index contributed by atoms with van der Waals surface area (Å²) in [5.74, 6) is -1.09. The van der Waals surface area contributed by atoms with Crippen molar-refractivity contribution >= 4 is 11.6 Å². The molecule has 1 atom stereocenters. The molecule has 1 unspecified atom stereocenters. The van der Waals surface area contributed by atoms with Crippen LogP contribution in [0.1, 0.15) is 0 Å². The molecule has 1 saturated heterocycles. The lowest BCUT2D eigenvalue weighted by Gasteiger charge is -2.17. The molecule has 0 N–H and O–H groups in total. The maximum absolute atomic E-state index is 5.41. The molecule has 9 heavy (non-hydrogen) atoms. The maximum atomic E-state index is 5.41. The molecular formula is C4H7ClO4. The van der Waals surface area contributed by atoms with Gasteiger partial charge in [-0.25, -0.2) is 4.89 Å². The predicted octanol–water partition coefficient (Wildman–Crippen LogP) is 0.461. The van der Waals surface area contributed by atoms with Crippen molar-refractivity contribution < 1.29 is 19.2 Å². The van der Waals surface area contributed by atoms with Gasteiger partial charge in [0.2, 0.25) is 0 Å². The third-order valence-corrected chi connectivity index (χ3v) is 1.31. The molecule has 5 heteroatoms. The van der Waals surface area contributed by atoms with Crippen LogP contribution in [-0.2, 0) is 19.2 Å². The average molecular weight is 155 g/mol. The van der Waals surface area contributed by atoms with E-state index in [0.717, 1.165) is 0 Å². The number of halogens is 1. The number of methoxy groups -OCH3 is 1. The summed E-state index contributed by atoms with van der Waals surface area (Å²) in [6, 6.07) is 0. The van der Waals surface area contributed by atoms with Gasteiger partial charge in [-0.15, -0.1) is 11.6 Å². The van der Waals surface area contributed by atoms with Crippen molar-refractivity contribution in [1.82, 2.24) is 0 Å². The summed E-state index contributed by atoms with van der Waals surface area (Å²) in [7, 11) is 1.43. The number of alkyl halides is 1. The lowest BCUT2D eigenvalue weighted by molar-refractivity contribution is -0.396. The zero-order valence-electron chi connectivity index (χ0n) is 4.93. The van der Waals surface area contributed by atoms with Gasteiger partial charge in [0.25, 0.3) is 0 Å². The van der Waals surface area contributed by atoms with E-state index in [-0.39, 0.29) is 12.7 Å². The third-order valence-electron chi connectivity index (χ3n) is 0.988. The molecule has 54 valence electrons. The number of hydrogen-bond donors (Lipinski definition) is 0. The van der Waals surface area contributed by atoms with Crippen LogP contribution in [-0.4, -0.2) is 25.8 Å². The zero-order valence-corrected chi connectivity index (χ0v) is 5.68. The lowest BCUT2D eigenvalue weighted by Crippen LogP contribution is -2.34. The van der Waals surface area contributed by atoms with Crippen molar-refractivity contribution in [2.24, 2.45) is 0 Å². The zero-order chi connectivity index (χ0) is 6.74. The van der Waals surface area contributed by atoms with E-state index in [9.17, 15) is 0 Å². The Kier molecular flexibility index (Phi) is 2.26. The highest BCUT2D eigenvalue weighted by Crippen LogP contribution is 2.21. The van der Waals surface area contributed by atoms with Gasteiger partial charge in [-0.1, -0.05) is 0 Å². The number of ether oxygens (including phenoxy) is 2. The van der Waals surface area contributed by atoms with Crippen LogP contribution < -0.4 is 0 Å². The van der Waals surface area contributed by atoms with Crippen LogP contribution in [0.25, 0.3) is 0 Å². The Morgan fingerprint density at radius 2 is 2.56 bits per heavy atom. The normalized spacial score (nSPS) is 35.3. The van der Waals surface area contributed by atoms with Crippen molar-refractivity contribution in [1.29, 1.82) is 0 Å². The fourth-order valence-electron chi connectivity index (χ4n) is 0.460. The van der Waals surface area contributed by atoms with E-state index in [1.807, 2.05) is 0 Å². The molecule has 1 fully saturated rings. The molecule has 0 aromatic rings. The quantitative estimate of drug-likeness (QED) is 0.428. The van der Waals surface area contributed by atoms with Crippen molar-refractivity contribution in [3.63, 3.8) is 0 Å². The van der Waals surface area contributed by atoms with Gasteiger partial charge in [-0.3, -0.25) is 4.74 Å². The minimum Gasteiger partial charge on any atom is -0.328 e. The van der Waals surface area contributed by atoms with E-state index in [2.05, 4.69) is 9.78 Å². The summed E-state index contributed by atoms with van der Waals surface area (Å²) in [6.45, 7) is 0.0561. The number of hydrogen-bond acceptors (Lipinski definition) is 4. The largest absolute Gasteiger partial charge is 0.328 e. The van der Waals surface area contributed by atoms with E-state index < -0.39 is 5.97 Å². The molecule has 1 heterocycles. The monoisotopic (exact) mass is 154 g/mol. The Hall–Kier alpha value is 0.130. The molecular weight excluding hydrogens is 147 g/mol. The molecule has 0 radical (unpaired) electrons. The third kappa shape index (κ3) is 1.33. The Bertz CT molecular complexity index is 84.6. The fourth-order valence-corrected chi connectivity index (χ4v) is 0.691. The molecule has 0 saturated carbocycles. The van der Waals surface area contributed by atoms with Crippen LogP contribution in [0.5, 0.6) is 0 Å². The highest BCUT2D eigenvalue weighted by molar-refractivity contribution is 6.18. The minimum atomic E-state index is -1.18. The van der Waals surface area contributed by atoms with Crippen LogP contribution in [0.2, 0.25) is 0 Å². The van der Waals surface area contributed by atoms with Crippen LogP contribution in [0.3, 0.4) is 0 Å². The van der Waals surface area contributed by atoms with Crippen LogP contribution in [0.4, 0.5) is 0 Å². The smallest absolute Gasteiger partial charge is 0.327 e. The summed E-state index contributed by atoms with van der Waals surface area (Å²) in [6.07, 6.45) is 0. The standard InChI is InChI=1S/C4H7ClO4/c1-6-4(2-5)7-3-8-9-4/h2-3H2,1H3. The molecule has 1 aliphatic rings. The van der Waals surface area contributed by atoms with Crippen molar-refractivity contribution in [3.8, 4) is 0 Å². The maximum Gasteiger partial charge on any atom is 0.327 e. The Balaban J connectivity index is 2.45. The molecule has 0 spiro atoms. The molecule has 4 nitrogen and oxygen atoms in total. The lowest BCUT2D eigenvalue weighted by atomic mass is 10.6. The summed E-state index contributed by atoms with van der Waals surface area (Å²) in [5.41, 5.74) is 0. The first-order chi connectivity index (χ1) is 4.33. The van der Waals surface area contributed by atoms with Gasteiger partial charge in [0.15, 0.2) is 6.79 Å². The van der Waals surface area contributed by atoms with Crippen molar-refractivity contribution in [3.05, 3.63) is 0 Å². The predicted molar refractivity (Wildman–Crippen MR) is 28.6 cm³/mol. The minimum absolute atomic E-state index is 0.0561. The first-order valence-electron chi connectivity index (χ1n) is 2.39. The molecule has 0 bridgehead atoms. The first kappa shape index (κ1) is 7.24. The second-order valence-corrected chi connectivity index (χ2v) is 1.75. The summed E-state index contributed by atoms with van der Waals surface area (Å²) < 4.78 is 9.59. The van der Waals surface area contributed by atoms with E-state index in [0.29, 0.717) is 0 Å². The van der Waals surface area contributed by atoms with E-state index >= 15 is 0 Å². The van der Waals surface area contributed by atoms with Crippen LogP contribution in [0, 0.1) is 0 Å². The van der Waals surface area contributed by atoms with Crippen LogP contribution in [0.15, 0.2) is 0 Å². The fraction of sp³-hybridized carbons (Fsp3) is 1.00.